The number of nitrogens with one attached hydrogen (secondary N) is 2. The molecular formula is C15H20N2O. The summed E-state index contributed by atoms with van der Waals surface area (Å²) in [6, 6.07) is 8.74. The quantitative estimate of drug-likeness (QED) is 0.854. The predicted molar refractivity (Wildman–Crippen MR) is 72.6 cm³/mol. The lowest BCUT2D eigenvalue weighted by atomic mass is 9.97. The van der Waals surface area contributed by atoms with Crippen LogP contribution in [-0.2, 0) is 4.79 Å². The fraction of sp³-hybridized carbons (Fsp3) is 0.533. The summed E-state index contributed by atoms with van der Waals surface area (Å²) in [5.41, 5.74) is 2.48. The van der Waals surface area contributed by atoms with Crippen LogP contribution in [0.3, 0.4) is 0 Å². The summed E-state index contributed by atoms with van der Waals surface area (Å²) in [6.07, 6.45) is 2.96. The van der Waals surface area contributed by atoms with Gasteiger partial charge >= 0.3 is 0 Å². The van der Waals surface area contributed by atoms with Crippen molar-refractivity contribution in [1.82, 2.24) is 5.32 Å². The number of hydrogen-bond donors (Lipinski definition) is 2. The molecule has 3 atom stereocenters. The van der Waals surface area contributed by atoms with E-state index in [0.29, 0.717) is 18.4 Å². The molecule has 3 nitrogen and oxygen atoms in total. The fourth-order valence-electron chi connectivity index (χ4n) is 2.90. The molecule has 0 aromatic heterocycles. The van der Waals surface area contributed by atoms with Gasteiger partial charge in [-0.05, 0) is 24.0 Å². The van der Waals surface area contributed by atoms with Crippen LogP contribution in [0.1, 0.15) is 37.7 Å². The molecule has 0 bridgehead atoms. The molecule has 3 heteroatoms. The summed E-state index contributed by atoms with van der Waals surface area (Å²) in [4.78, 5) is 12.0. The van der Waals surface area contributed by atoms with Crippen LogP contribution in [-0.4, -0.2) is 18.5 Å². The highest BCUT2D eigenvalue weighted by Gasteiger charge is 2.37. The van der Waals surface area contributed by atoms with E-state index in [2.05, 4.69) is 29.7 Å². The third-order valence-corrected chi connectivity index (χ3v) is 4.16. The lowest BCUT2D eigenvalue weighted by molar-refractivity contribution is -0.121. The fourth-order valence-corrected chi connectivity index (χ4v) is 2.90. The zero-order valence-corrected chi connectivity index (χ0v) is 10.8. The van der Waals surface area contributed by atoms with Crippen molar-refractivity contribution in [3.05, 3.63) is 29.8 Å². The second-order valence-electron chi connectivity index (χ2n) is 5.45. The van der Waals surface area contributed by atoms with E-state index in [0.717, 1.165) is 12.5 Å². The van der Waals surface area contributed by atoms with Gasteiger partial charge in [0, 0.05) is 30.6 Å². The average molecular weight is 244 g/mol. The van der Waals surface area contributed by atoms with Gasteiger partial charge in [0.15, 0.2) is 0 Å². The molecule has 1 saturated carbocycles. The van der Waals surface area contributed by atoms with Gasteiger partial charge in [-0.2, -0.15) is 0 Å². The first-order chi connectivity index (χ1) is 8.78. The Morgan fingerprint density at radius 1 is 1.44 bits per heavy atom. The van der Waals surface area contributed by atoms with Gasteiger partial charge in [-0.3, -0.25) is 4.79 Å². The van der Waals surface area contributed by atoms with Crippen LogP contribution in [0.4, 0.5) is 5.69 Å². The summed E-state index contributed by atoms with van der Waals surface area (Å²) in [5.74, 6) is 1.27. The number of anilines is 1. The van der Waals surface area contributed by atoms with Gasteiger partial charge in [-0.15, -0.1) is 0 Å². The van der Waals surface area contributed by atoms with Crippen LogP contribution < -0.4 is 10.6 Å². The lowest BCUT2D eigenvalue weighted by Crippen LogP contribution is -2.28. The second kappa shape index (κ2) is 4.63. The maximum atomic E-state index is 12.0. The number of amides is 1. The second-order valence-corrected chi connectivity index (χ2v) is 5.45. The summed E-state index contributed by atoms with van der Waals surface area (Å²) in [5, 5.41) is 6.51. The Hall–Kier alpha value is -1.51. The van der Waals surface area contributed by atoms with Crippen molar-refractivity contribution in [2.75, 3.05) is 11.9 Å². The van der Waals surface area contributed by atoms with E-state index in [1.807, 2.05) is 12.1 Å². The van der Waals surface area contributed by atoms with Crippen molar-refractivity contribution < 1.29 is 4.79 Å². The normalized spacial score (nSPS) is 28.4. The van der Waals surface area contributed by atoms with E-state index < -0.39 is 0 Å². The van der Waals surface area contributed by atoms with Crippen LogP contribution in [0.15, 0.2) is 24.3 Å². The van der Waals surface area contributed by atoms with Gasteiger partial charge < -0.3 is 10.6 Å². The number of hydrogen-bond acceptors (Lipinski definition) is 2. The highest BCUT2D eigenvalue weighted by molar-refractivity contribution is 5.78. The number of fused-ring (bicyclic) bond motifs is 1. The van der Waals surface area contributed by atoms with Crippen molar-refractivity contribution in [1.29, 1.82) is 0 Å². The van der Waals surface area contributed by atoms with Gasteiger partial charge in [0.2, 0.25) is 5.91 Å². The third-order valence-electron chi connectivity index (χ3n) is 4.16. The standard InChI is InChI=1S/C15H20N2O/c1-2-10-7-14(10)17-15(18)8-11-9-16-13-6-4-3-5-12(11)13/h3-6,10-11,14,16H,2,7-9H2,1H3,(H,17,18). The zero-order chi connectivity index (χ0) is 12.5. The van der Waals surface area contributed by atoms with Gasteiger partial charge in [-0.1, -0.05) is 31.5 Å². The van der Waals surface area contributed by atoms with Crippen molar-refractivity contribution in [2.45, 2.75) is 38.1 Å². The minimum Gasteiger partial charge on any atom is -0.384 e. The number of carbonyl (C=O) groups is 1. The highest BCUT2D eigenvalue weighted by Crippen LogP contribution is 2.35. The van der Waals surface area contributed by atoms with E-state index in [1.54, 1.807) is 0 Å². The van der Waals surface area contributed by atoms with Crippen LogP contribution in [0, 0.1) is 5.92 Å². The SMILES string of the molecule is CCC1CC1NC(=O)CC1CNc2ccccc21. The van der Waals surface area contributed by atoms with Crippen molar-refractivity contribution in [3.8, 4) is 0 Å². The van der Waals surface area contributed by atoms with Crippen molar-refractivity contribution in [2.24, 2.45) is 5.92 Å². The van der Waals surface area contributed by atoms with Gasteiger partial charge in [0.1, 0.15) is 0 Å². The Kier molecular flexibility index (Phi) is 2.98. The highest BCUT2D eigenvalue weighted by atomic mass is 16.1. The molecule has 0 spiro atoms. The van der Waals surface area contributed by atoms with E-state index in [9.17, 15) is 4.79 Å². The smallest absolute Gasteiger partial charge is 0.220 e. The number of para-hydroxylation sites is 1. The lowest BCUT2D eigenvalue weighted by Gasteiger charge is -2.10. The molecule has 1 aliphatic carbocycles. The Balaban J connectivity index is 1.56. The van der Waals surface area contributed by atoms with Crippen molar-refractivity contribution in [3.63, 3.8) is 0 Å². The predicted octanol–water partition coefficient (Wildman–Crippen LogP) is 2.50. The van der Waals surface area contributed by atoms with Crippen LogP contribution in [0.2, 0.25) is 0 Å². The molecule has 0 radical (unpaired) electrons. The molecule has 2 N–H and O–H groups in total. The first kappa shape index (κ1) is 11.6. The molecule has 1 fully saturated rings. The molecule has 18 heavy (non-hydrogen) atoms. The molecule has 1 amide bonds. The molecule has 3 rings (SSSR count). The topological polar surface area (TPSA) is 41.1 Å². The molecular weight excluding hydrogens is 224 g/mol. The van der Waals surface area contributed by atoms with Crippen LogP contribution in [0.25, 0.3) is 0 Å². The number of carbonyl (C=O) groups excluding carboxylic acids is 1. The monoisotopic (exact) mass is 244 g/mol. The Bertz CT molecular complexity index is 458. The number of rotatable bonds is 4. The summed E-state index contributed by atoms with van der Waals surface area (Å²) in [6.45, 7) is 3.07. The van der Waals surface area contributed by atoms with E-state index in [4.69, 9.17) is 0 Å². The summed E-state index contributed by atoms with van der Waals surface area (Å²) in [7, 11) is 0. The minimum atomic E-state index is 0.208. The zero-order valence-electron chi connectivity index (χ0n) is 10.8. The average Bonchev–Trinajstić information content (AvgIpc) is 3.01. The summed E-state index contributed by atoms with van der Waals surface area (Å²) < 4.78 is 0. The molecule has 0 saturated heterocycles. The molecule has 1 aliphatic heterocycles. The first-order valence-electron chi connectivity index (χ1n) is 6.90. The Morgan fingerprint density at radius 2 is 2.28 bits per heavy atom. The first-order valence-corrected chi connectivity index (χ1v) is 6.90. The van der Waals surface area contributed by atoms with Crippen molar-refractivity contribution >= 4 is 11.6 Å². The summed E-state index contributed by atoms with van der Waals surface area (Å²) >= 11 is 0. The Morgan fingerprint density at radius 3 is 3.06 bits per heavy atom. The molecule has 1 heterocycles. The maximum absolute atomic E-state index is 12.0. The van der Waals surface area contributed by atoms with Gasteiger partial charge in [0.25, 0.3) is 0 Å². The van der Waals surface area contributed by atoms with Gasteiger partial charge in [-0.25, -0.2) is 0 Å². The maximum Gasteiger partial charge on any atom is 0.220 e. The number of benzene rings is 1. The molecule has 1 aromatic carbocycles. The van der Waals surface area contributed by atoms with E-state index in [1.165, 1.54) is 24.1 Å². The molecule has 3 unspecified atom stereocenters. The molecule has 96 valence electrons. The third kappa shape index (κ3) is 2.22. The van der Waals surface area contributed by atoms with Crippen LogP contribution >= 0.6 is 0 Å². The van der Waals surface area contributed by atoms with Crippen LogP contribution in [0.5, 0.6) is 0 Å². The minimum absolute atomic E-state index is 0.208. The largest absolute Gasteiger partial charge is 0.384 e. The van der Waals surface area contributed by atoms with E-state index >= 15 is 0 Å². The van der Waals surface area contributed by atoms with Gasteiger partial charge in [0.05, 0.1) is 0 Å². The Labute approximate surface area is 108 Å². The molecule has 1 aromatic rings. The van der Waals surface area contributed by atoms with E-state index in [-0.39, 0.29) is 5.91 Å². The molecule has 2 aliphatic rings.